The van der Waals surface area contributed by atoms with Gasteiger partial charge in [0, 0.05) is 12.5 Å². The number of oxazole rings is 2. The summed E-state index contributed by atoms with van der Waals surface area (Å²) in [6.45, 7) is 3.29. The molecular weight excluding hydrogens is 395 g/mol. The van der Waals surface area contributed by atoms with E-state index in [-0.39, 0.29) is 35.6 Å². The van der Waals surface area contributed by atoms with Gasteiger partial charge in [0.15, 0.2) is 23.2 Å². The maximum absolute atomic E-state index is 13.6. The fourth-order valence-corrected chi connectivity index (χ4v) is 2.74. The Balaban J connectivity index is 1.50. The molecule has 11 heteroatoms. The Morgan fingerprint density at radius 3 is 2.90 bits per heavy atom. The zero-order chi connectivity index (χ0) is 21.3. The van der Waals surface area contributed by atoms with Crippen LogP contribution in [-0.4, -0.2) is 36.0 Å². The lowest BCUT2D eigenvalue weighted by atomic mass is 10.1. The molecule has 10 nitrogen and oxygen atoms in total. The molecule has 3 heterocycles. The number of aromatic nitrogens is 5. The van der Waals surface area contributed by atoms with Gasteiger partial charge in [0.2, 0.25) is 5.89 Å². The van der Waals surface area contributed by atoms with Crippen molar-refractivity contribution in [3.63, 3.8) is 0 Å². The number of benzene rings is 1. The Hall–Kier alpha value is -3.86. The van der Waals surface area contributed by atoms with Gasteiger partial charge >= 0.3 is 0 Å². The monoisotopic (exact) mass is 412 g/mol. The summed E-state index contributed by atoms with van der Waals surface area (Å²) in [5.41, 5.74) is 0.396. The molecule has 4 rings (SSSR count). The number of amides is 1. The molecule has 0 bridgehead atoms. The van der Waals surface area contributed by atoms with Crippen molar-refractivity contribution < 1.29 is 23.1 Å². The van der Waals surface area contributed by atoms with Gasteiger partial charge in [0.05, 0.1) is 12.4 Å². The molecule has 4 aromatic rings. The quantitative estimate of drug-likeness (QED) is 0.494. The number of hydrogen-bond acceptors (Lipinski definition) is 8. The molecule has 0 radical (unpaired) electrons. The Kier molecular flexibility index (Phi) is 5.11. The van der Waals surface area contributed by atoms with Gasteiger partial charge in [-0.3, -0.25) is 4.79 Å². The number of carbonyl (C=O) groups excluding carboxylic acids is 1. The molecule has 2 N–H and O–H groups in total. The van der Waals surface area contributed by atoms with Crippen LogP contribution in [0, 0.1) is 12.7 Å². The minimum absolute atomic E-state index is 0.00413. The van der Waals surface area contributed by atoms with E-state index in [2.05, 4.69) is 25.5 Å². The van der Waals surface area contributed by atoms with Crippen LogP contribution >= 0.6 is 0 Å². The summed E-state index contributed by atoms with van der Waals surface area (Å²) in [5, 5.41) is 20.3. The first-order valence-electron chi connectivity index (χ1n) is 8.96. The summed E-state index contributed by atoms with van der Waals surface area (Å²) in [7, 11) is 0. The second kappa shape index (κ2) is 7.87. The number of carbonyl (C=O) groups is 1. The van der Waals surface area contributed by atoms with Crippen LogP contribution in [0.5, 0.6) is 0 Å². The van der Waals surface area contributed by atoms with Crippen LogP contribution < -0.4 is 5.32 Å². The number of anilines is 1. The van der Waals surface area contributed by atoms with Crippen LogP contribution in [0.4, 0.5) is 10.2 Å². The third kappa shape index (κ3) is 4.10. The maximum Gasteiger partial charge on any atom is 0.279 e. The van der Waals surface area contributed by atoms with E-state index in [0.29, 0.717) is 11.3 Å². The van der Waals surface area contributed by atoms with E-state index < -0.39 is 17.8 Å². The second-order valence-electron chi connectivity index (χ2n) is 6.48. The third-order valence-electron chi connectivity index (χ3n) is 4.04. The van der Waals surface area contributed by atoms with E-state index in [4.69, 9.17) is 8.83 Å². The first-order chi connectivity index (χ1) is 14.4. The smallest absolute Gasteiger partial charge is 0.279 e. The number of nitrogens with zero attached hydrogens (tertiary/aromatic N) is 5. The molecule has 30 heavy (non-hydrogen) atoms. The normalized spacial score (nSPS) is 12.1. The summed E-state index contributed by atoms with van der Waals surface area (Å²) in [6.07, 6.45) is 2.00. The maximum atomic E-state index is 13.6. The van der Waals surface area contributed by atoms with Crippen molar-refractivity contribution in [3.8, 4) is 11.3 Å². The highest BCUT2D eigenvalue weighted by atomic mass is 19.1. The van der Waals surface area contributed by atoms with Crippen LogP contribution in [0.2, 0.25) is 0 Å². The van der Waals surface area contributed by atoms with Crippen LogP contribution in [0.1, 0.15) is 41.1 Å². The average molecular weight is 412 g/mol. The van der Waals surface area contributed by atoms with Gasteiger partial charge in [0.1, 0.15) is 24.2 Å². The van der Waals surface area contributed by atoms with E-state index in [1.807, 2.05) is 0 Å². The molecule has 0 spiro atoms. The Morgan fingerprint density at radius 2 is 2.17 bits per heavy atom. The summed E-state index contributed by atoms with van der Waals surface area (Å²) in [5.74, 6) is 0.209. The highest BCUT2D eigenvalue weighted by Crippen LogP contribution is 2.26. The molecule has 1 atom stereocenters. The van der Waals surface area contributed by atoms with Gasteiger partial charge < -0.3 is 19.3 Å². The molecule has 1 aromatic carbocycles. The van der Waals surface area contributed by atoms with Crippen molar-refractivity contribution in [3.05, 3.63) is 65.7 Å². The molecule has 0 saturated heterocycles. The number of nitrogens with one attached hydrogen (secondary N) is 1. The zero-order valence-electron chi connectivity index (χ0n) is 16.0. The summed E-state index contributed by atoms with van der Waals surface area (Å²) in [4.78, 5) is 22.0. The Morgan fingerprint density at radius 1 is 1.33 bits per heavy atom. The number of hydrogen-bond donors (Lipinski definition) is 2. The number of rotatable bonds is 6. The van der Waals surface area contributed by atoms with Gasteiger partial charge in [0.25, 0.3) is 5.91 Å². The molecule has 0 fully saturated rings. The van der Waals surface area contributed by atoms with Crippen LogP contribution in [0.25, 0.3) is 11.3 Å². The minimum atomic E-state index is -0.822. The van der Waals surface area contributed by atoms with E-state index in [0.717, 1.165) is 0 Å². The standard InChI is InChI=1S/C19H17FN6O4/c1-10(27)19-21-7-14(30-19)9-26-22-8-15(25-26)24-18(28)16-17(29-11(2)23-16)12-4-3-5-13(20)6-12/h3-8,10,27H,9H2,1-2H3,(H,24,25,28). The van der Waals surface area contributed by atoms with Crippen molar-refractivity contribution in [2.45, 2.75) is 26.5 Å². The predicted molar refractivity (Wildman–Crippen MR) is 101 cm³/mol. The molecule has 1 unspecified atom stereocenters. The Bertz CT molecular complexity index is 1200. The fraction of sp³-hybridized carbons (Fsp3) is 0.211. The summed E-state index contributed by atoms with van der Waals surface area (Å²) < 4.78 is 24.4. The highest BCUT2D eigenvalue weighted by molar-refractivity contribution is 6.05. The molecular formula is C19H17FN6O4. The lowest BCUT2D eigenvalue weighted by Crippen LogP contribution is -2.14. The molecule has 0 aliphatic carbocycles. The van der Waals surface area contributed by atoms with E-state index in [1.165, 1.54) is 35.4 Å². The third-order valence-corrected chi connectivity index (χ3v) is 4.04. The summed E-state index contributed by atoms with van der Waals surface area (Å²) >= 11 is 0. The predicted octanol–water partition coefficient (Wildman–Crippen LogP) is 2.72. The van der Waals surface area contributed by atoms with E-state index >= 15 is 0 Å². The van der Waals surface area contributed by atoms with Crippen molar-refractivity contribution in [1.82, 2.24) is 25.0 Å². The SMILES string of the molecule is Cc1nc(C(=O)Nc2cnn(Cc3cnc(C(C)O)o3)n2)c(-c2cccc(F)c2)o1. The van der Waals surface area contributed by atoms with Crippen molar-refractivity contribution >= 4 is 11.7 Å². The van der Waals surface area contributed by atoms with E-state index in [1.54, 1.807) is 19.9 Å². The van der Waals surface area contributed by atoms with Crippen LogP contribution in [-0.2, 0) is 6.54 Å². The van der Waals surface area contributed by atoms with Crippen molar-refractivity contribution in [2.75, 3.05) is 5.32 Å². The van der Waals surface area contributed by atoms with Gasteiger partial charge in [-0.1, -0.05) is 12.1 Å². The van der Waals surface area contributed by atoms with Crippen LogP contribution in [0.3, 0.4) is 0 Å². The van der Waals surface area contributed by atoms with Crippen molar-refractivity contribution in [1.29, 1.82) is 0 Å². The van der Waals surface area contributed by atoms with Crippen LogP contribution in [0.15, 0.2) is 45.5 Å². The molecule has 154 valence electrons. The average Bonchev–Trinajstić information content (AvgIpc) is 3.42. The number of aliphatic hydroxyl groups excluding tert-OH is 1. The van der Waals surface area contributed by atoms with Gasteiger partial charge in [-0.05, 0) is 19.1 Å². The van der Waals surface area contributed by atoms with Gasteiger partial charge in [-0.2, -0.15) is 9.90 Å². The minimum Gasteiger partial charge on any atom is -0.441 e. The lowest BCUT2D eigenvalue weighted by molar-refractivity contribution is 0.102. The largest absolute Gasteiger partial charge is 0.441 e. The molecule has 0 aliphatic heterocycles. The number of aryl methyl sites for hydroxylation is 1. The summed E-state index contributed by atoms with van der Waals surface area (Å²) in [6, 6.07) is 5.69. The first-order valence-corrected chi connectivity index (χ1v) is 8.96. The zero-order valence-corrected chi connectivity index (χ0v) is 16.0. The topological polar surface area (TPSA) is 132 Å². The number of aliphatic hydroxyl groups is 1. The molecule has 1 amide bonds. The van der Waals surface area contributed by atoms with Crippen molar-refractivity contribution in [2.24, 2.45) is 0 Å². The van der Waals surface area contributed by atoms with Gasteiger partial charge in [-0.15, -0.1) is 5.10 Å². The number of halogens is 1. The lowest BCUT2D eigenvalue weighted by Gasteiger charge is -2.02. The molecule has 0 saturated carbocycles. The second-order valence-corrected chi connectivity index (χ2v) is 6.48. The fourth-order valence-electron chi connectivity index (χ4n) is 2.74. The van der Waals surface area contributed by atoms with E-state index in [9.17, 15) is 14.3 Å². The molecule has 0 aliphatic rings. The highest BCUT2D eigenvalue weighted by Gasteiger charge is 2.21. The Labute approximate surface area is 169 Å². The van der Waals surface area contributed by atoms with Gasteiger partial charge in [-0.25, -0.2) is 14.4 Å². The molecule has 3 aromatic heterocycles. The first kappa shape index (κ1) is 19.5.